The lowest BCUT2D eigenvalue weighted by Crippen LogP contribution is -2.21. The molecule has 4 heteroatoms. The monoisotopic (exact) mass is 265 g/mol. The van der Waals surface area contributed by atoms with Gasteiger partial charge >= 0.3 is 0 Å². The molecule has 1 N–H and O–H groups in total. The zero-order valence-corrected chi connectivity index (χ0v) is 11.4. The normalized spacial score (nSPS) is 10.7. The molecule has 0 aliphatic heterocycles. The maximum atomic E-state index is 11.8. The Kier molecular flexibility index (Phi) is 2.99. The number of carbonyl (C=O) groups excluding carboxylic acids is 1. The van der Waals surface area contributed by atoms with Crippen molar-refractivity contribution in [1.29, 1.82) is 0 Å². The van der Waals surface area contributed by atoms with Gasteiger partial charge in [0.25, 0.3) is 5.91 Å². The van der Waals surface area contributed by atoms with E-state index in [0.717, 1.165) is 22.0 Å². The Hall–Kier alpha value is -2.62. The predicted octanol–water partition coefficient (Wildman–Crippen LogP) is 2.93. The zero-order valence-electron chi connectivity index (χ0n) is 11.4. The van der Waals surface area contributed by atoms with Gasteiger partial charge < -0.3 is 4.90 Å². The van der Waals surface area contributed by atoms with Crippen LogP contribution in [0.1, 0.15) is 10.4 Å². The number of aromatic nitrogens is 2. The van der Waals surface area contributed by atoms with Gasteiger partial charge in [0.1, 0.15) is 0 Å². The van der Waals surface area contributed by atoms with E-state index in [2.05, 4.69) is 16.3 Å². The molecule has 0 radical (unpaired) electrons. The third-order valence-corrected chi connectivity index (χ3v) is 3.31. The molecular weight excluding hydrogens is 250 g/mol. The highest BCUT2D eigenvalue weighted by Crippen LogP contribution is 2.23. The number of hydrogen-bond acceptors (Lipinski definition) is 2. The highest BCUT2D eigenvalue weighted by Gasteiger charge is 2.08. The number of fused-ring (bicyclic) bond motifs is 1. The molecule has 0 aliphatic rings. The molecule has 0 unspecified atom stereocenters. The fourth-order valence-corrected chi connectivity index (χ4v) is 2.19. The number of benzene rings is 2. The molecule has 0 atom stereocenters. The molecule has 4 nitrogen and oxygen atoms in total. The quantitative estimate of drug-likeness (QED) is 0.774. The fourth-order valence-electron chi connectivity index (χ4n) is 2.19. The third-order valence-electron chi connectivity index (χ3n) is 3.31. The summed E-state index contributed by atoms with van der Waals surface area (Å²) in [4.78, 5) is 13.4. The third kappa shape index (κ3) is 2.16. The SMILES string of the molecule is CN(C)C(=O)c1ccc(-c2ccc3[nH]ncc3c2)cc1. The lowest BCUT2D eigenvalue weighted by Gasteiger charge is -2.10. The van der Waals surface area contributed by atoms with Gasteiger partial charge in [0.05, 0.1) is 11.7 Å². The van der Waals surface area contributed by atoms with Crippen molar-refractivity contribution in [2.75, 3.05) is 14.1 Å². The first-order valence-electron chi connectivity index (χ1n) is 6.40. The van der Waals surface area contributed by atoms with Gasteiger partial charge in [0, 0.05) is 25.0 Å². The van der Waals surface area contributed by atoms with E-state index in [1.807, 2.05) is 42.6 Å². The van der Waals surface area contributed by atoms with Crippen LogP contribution < -0.4 is 0 Å². The minimum Gasteiger partial charge on any atom is -0.345 e. The fraction of sp³-hybridized carbons (Fsp3) is 0.125. The summed E-state index contributed by atoms with van der Waals surface area (Å²) < 4.78 is 0. The second kappa shape index (κ2) is 4.81. The van der Waals surface area contributed by atoms with Crippen LogP contribution in [0.2, 0.25) is 0 Å². The van der Waals surface area contributed by atoms with Gasteiger partial charge in [-0.3, -0.25) is 9.89 Å². The standard InChI is InChI=1S/C16H15N3O/c1-19(2)16(20)12-5-3-11(4-6-12)13-7-8-15-14(9-13)10-17-18-15/h3-10H,1-2H3,(H,17,18). The summed E-state index contributed by atoms with van der Waals surface area (Å²) in [6, 6.07) is 13.8. The van der Waals surface area contributed by atoms with Crippen molar-refractivity contribution >= 4 is 16.8 Å². The zero-order chi connectivity index (χ0) is 14.1. The first-order chi connectivity index (χ1) is 9.65. The topological polar surface area (TPSA) is 49.0 Å². The minimum atomic E-state index is 0.0156. The first-order valence-corrected chi connectivity index (χ1v) is 6.40. The van der Waals surface area contributed by atoms with Gasteiger partial charge in [-0.05, 0) is 35.4 Å². The van der Waals surface area contributed by atoms with Crippen molar-refractivity contribution in [2.45, 2.75) is 0 Å². The van der Waals surface area contributed by atoms with Crippen LogP contribution in [-0.2, 0) is 0 Å². The van der Waals surface area contributed by atoms with Gasteiger partial charge in [0.15, 0.2) is 0 Å². The number of carbonyl (C=O) groups is 1. The van der Waals surface area contributed by atoms with Crippen LogP contribution in [-0.4, -0.2) is 35.1 Å². The van der Waals surface area contributed by atoms with Crippen LogP contribution in [0.5, 0.6) is 0 Å². The lowest BCUT2D eigenvalue weighted by molar-refractivity contribution is 0.0827. The predicted molar refractivity (Wildman–Crippen MR) is 79.5 cm³/mol. The smallest absolute Gasteiger partial charge is 0.253 e. The van der Waals surface area contributed by atoms with E-state index in [1.54, 1.807) is 19.0 Å². The number of rotatable bonds is 2. The van der Waals surface area contributed by atoms with Gasteiger partial charge in [-0.25, -0.2) is 0 Å². The molecule has 0 spiro atoms. The number of H-pyrrole nitrogens is 1. The summed E-state index contributed by atoms with van der Waals surface area (Å²) in [5, 5.41) is 8.03. The molecule has 3 rings (SSSR count). The van der Waals surface area contributed by atoms with Crippen molar-refractivity contribution in [1.82, 2.24) is 15.1 Å². The molecule has 0 bridgehead atoms. The Morgan fingerprint density at radius 2 is 1.75 bits per heavy atom. The average molecular weight is 265 g/mol. The molecular formula is C16H15N3O. The Balaban J connectivity index is 1.96. The molecule has 0 saturated carbocycles. The molecule has 2 aromatic carbocycles. The van der Waals surface area contributed by atoms with E-state index in [9.17, 15) is 4.79 Å². The lowest BCUT2D eigenvalue weighted by atomic mass is 10.0. The number of aromatic amines is 1. The van der Waals surface area contributed by atoms with Gasteiger partial charge in [0.2, 0.25) is 0 Å². The van der Waals surface area contributed by atoms with Crippen LogP contribution >= 0.6 is 0 Å². The number of amides is 1. The van der Waals surface area contributed by atoms with Crippen molar-refractivity contribution in [3.63, 3.8) is 0 Å². The van der Waals surface area contributed by atoms with Crippen LogP contribution in [0.4, 0.5) is 0 Å². The highest BCUT2D eigenvalue weighted by molar-refractivity contribution is 5.94. The molecule has 1 amide bonds. The van der Waals surface area contributed by atoms with E-state index in [4.69, 9.17) is 0 Å². The molecule has 0 aliphatic carbocycles. The van der Waals surface area contributed by atoms with Crippen LogP contribution in [0.25, 0.3) is 22.0 Å². The second-order valence-corrected chi connectivity index (χ2v) is 4.95. The molecule has 1 heterocycles. The molecule has 20 heavy (non-hydrogen) atoms. The van der Waals surface area contributed by atoms with E-state index in [0.29, 0.717) is 5.56 Å². The van der Waals surface area contributed by atoms with E-state index in [-0.39, 0.29) is 5.91 Å². The minimum absolute atomic E-state index is 0.0156. The summed E-state index contributed by atoms with van der Waals surface area (Å²) in [6.07, 6.45) is 1.81. The highest BCUT2D eigenvalue weighted by atomic mass is 16.2. The number of nitrogens with zero attached hydrogens (tertiary/aromatic N) is 2. The van der Waals surface area contributed by atoms with E-state index in [1.165, 1.54) is 0 Å². The summed E-state index contributed by atoms with van der Waals surface area (Å²) in [5.41, 5.74) is 3.92. The van der Waals surface area contributed by atoms with E-state index < -0.39 is 0 Å². The first kappa shape index (κ1) is 12.4. The molecule has 0 saturated heterocycles. The van der Waals surface area contributed by atoms with Crippen molar-refractivity contribution in [3.8, 4) is 11.1 Å². The van der Waals surface area contributed by atoms with Gasteiger partial charge in [-0.2, -0.15) is 5.10 Å². The average Bonchev–Trinajstić information content (AvgIpc) is 2.94. The van der Waals surface area contributed by atoms with Crippen molar-refractivity contribution in [3.05, 3.63) is 54.2 Å². The Morgan fingerprint density at radius 1 is 1.05 bits per heavy atom. The maximum Gasteiger partial charge on any atom is 0.253 e. The Morgan fingerprint density at radius 3 is 2.45 bits per heavy atom. The summed E-state index contributed by atoms with van der Waals surface area (Å²) in [5.74, 6) is 0.0156. The summed E-state index contributed by atoms with van der Waals surface area (Å²) >= 11 is 0. The number of hydrogen-bond donors (Lipinski definition) is 1. The van der Waals surface area contributed by atoms with Crippen molar-refractivity contribution in [2.24, 2.45) is 0 Å². The molecule has 1 aromatic heterocycles. The molecule has 0 fully saturated rings. The number of nitrogens with one attached hydrogen (secondary N) is 1. The van der Waals surface area contributed by atoms with Crippen LogP contribution in [0.15, 0.2) is 48.7 Å². The van der Waals surface area contributed by atoms with Gasteiger partial charge in [-0.1, -0.05) is 18.2 Å². The van der Waals surface area contributed by atoms with Gasteiger partial charge in [-0.15, -0.1) is 0 Å². The largest absolute Gasteiger partial charge is 0.345 e. The Labute approximate surface area is 117 Å². The summed E-state index contributed by atoms with van der Waals surface area (Å²) in [6.45, 7) is 0. The Bertz CT molecular complexity index is 757. The molecule has 3 aromatic rings. The van der Waals surface area contributed by atoms with E-state index >= 15 is 0 Å². The van der Waals surface area contributed by atoms with Crippen LogP contribution in [0, 0.1) is 0 Å². The van der Waals surface area contributed by atoms with Crippen molar-refractivity contribution < 1.29 is 4.79 Å². The second-order valence-electron chi connectivity index (χ2n) is 4.95. The summed E-state index contributed by atoms with van der Waals surface area (Å²) in [7, 11) is 3.51. The van der Waals surface area contributed by atoms with Crippen LogP contribution in [0.3, 0.4) is 0 Å². The maximum absolute atomic E-state index is 11.8. The molecule has 100 valence electrons.